The number of hydrogen-bond acceptors (Lipinski definition) is 5. The molecule has 1 saturated heterocycles. The predicted octanol–water partition coefficient (Wildman–Crippen LogP) is 0.205. The molecule has 6 heteroatoms. The lowest BCUT2D eigenvalue weighted by molar-refractivity contribution is -0.0168. The van der Waals surface area contributed by atoms with Crippen LogP contribution >= 0.6 is 0 Å². The Balaban J connectivity index is 2.39. The number of nitrogens with one attached hydrogen (secondary N) is 1. The van der Waals surface area contributed by atoms with Crippen molar-refractivity contribution in [3.63, 3.8) is 0 Å². The molecule has 5 nitrogen and oxygen atoms in total. The molecule has 1 N–H and O–H groups in total. The molecule has 1 fully saturated rings. The molecule has 0 bridgehead atoms. The number of rotatable bonds is 7. The monoisotopic (exact) mass is 265 g/mol. The minimum atomic E-state index is -2.93. The van der Waals surface area contributed by atoms with Gasteiger partial charge in [-0.15, -0.1) is 0 Å². The molecule has 2 atom stereocenters. The number of sulfone groups is 1. The van der Waals surface area contributed by atoms with Crippen LogP contribution in [0.2, 0.25) is 0 Å². The van der Waals surface area contributed by atoms with Gasteiger partial charge in [0, 0.05) is 38.5 Å². The maximum absolute atomic E-state index is 11.5. The molecule has 17 heavy (non-hydrogen) atoms. The van der Waals surface area contributed by atoms with E-state index < -0.39 is 9.84 Å². The van der Waals surface area contributed by atoms with Crippen LogP contribution in [0, 0.1) is 0 Å². The van der Waals surface area contributed by atoms with E-state index in [9.17, 15) is 8.42 Å². The van der Waals surface area contributed by atoms with Crippen LogP contribution < -0.4 is 5.32 Å². The third-order valence-corrected chi connectivity index (χ3v) is 5.10. The summed E-state index contributed by atoms with van der Waals surface area (Å²) in [5.41, 5.74) is -0.287. The first-order valence-electron chi connectivity index (χ1n) is 6.00. The summed E-state index contributed by atoms with van der Waals surface area (Å²) in [5.74, 6) is 0.363. The standard InChI is InChI=1S/C11H23NO4S/c1-4-17(13,14)7-10(2)12-8-11(15-3)5-6-16-9-11/h10,12H,4-9H2,1-3H3. The molecule has 1 heterocycles. The van der Waals surface area contributed by atoms with E-state index >= 15 is 0 Å². The molecule has 0 aromatic heterocycles. The fraction of sp³-hybridized carbons (Fsp3) is 1.00. The molecule has 0 aromatic rings. The van der Waals surface area contributed by atoms with Gasteiger partial charge in [-0.05, 0) is 6.92 Å². The van der Waals surface area contributed by atoms with E-state index in [1.165, 1.54) is 0 Å². The Kier molecular flexibility index (Phi) is 5.37. The Morgan fingerprint density at radius 1 is 1.53 bits per heavy atom. The predicted molar refractivity (Wildman–Crippen MR) is 67.0 cm³/mol. The molecule has 0 aromatic carbocycles. The van der Waals surface area contributed by atoms with Gasteiger partial charge in [0.05, 0.1) is 12.4 Å². The summed E-state index contributed by atoms with van der Waals surface area (Å²) in [4.78, 5) is 0. The highest BCUT2D eigenvalue weighted by Crippen LogP contribution is 2.21. The van der Waals surface area contributed by atoms with Crippen LogP contribution in [-0.4, -0.2) is 58.4 Å². The zero-order chi connectivity index (χ0) is 12.9. The first kappa shape index (κ1) is 14.9. The van der Waals surface area contributed by atoms with Crippen molar-refractivity contribution >= 4 is 9.84 Å². The van der Waals surface area contributed by atoms with Gasteiger partial charge in [0.2, 0.25) is 0 Å². The molecule has 0 radical (unpaired) electrons. The van der Waals surface area contributed by atoms with Crippen LogP contribution in [0.3, 0.4) is 0 Å². The van der Waals surface area contributed by atoms with Crippen LogP contribution in [0.5, 0.6) is 0 Å². The molecule has 2 unspecified atom stereocenters. The summed E-state index contributed by atoms with van der Waals surface area (Å²) in [5, 5.41) is 3.22. The second-order valence-electron chi connectivity index (χ2n) is 4.67. The summed E-state index contributed by atoms with van der Waals surface area (Å²) in [6.07, 6.45) is 0.851. The Hall–Kier alpha value is -0.170. The third kappa shape index (κ3) is 4.54. The summed E-state index contributed by atoms with van der Waals surface area (Å²) >= 11 is 0. The molecular formula is C11H23NO4S. The van der Waals surface area contributed by atoms with Crippen LogP contribution in [0.25, 0.3) is 0 Å². The van der Waals surface area contributed by atoms with Crippen molar-refractivity contribution in [2.75, 3.05) is 38.4 Å². The topological polar surface area (TPSA) is 64.6 Å². The number of hydrogen-bond donors (Lipinski definition) is 1. The fourth-order valence-electron chi connectivity index (χ4n) is 1.88. The molecule has 102 valence electrons. The normalized spacial score (nSPS) is 27.2. The Morgan fingerprint density at radius 2 is 2.24 bits per heavy atom. The zero-order valence-electron chi connectivity index (χ0n) is 10.9. The Labute approximate surface area is 104 Å². The van der Waals surface area contributed by atoms with Crippen molar-refractivity contribution in [1.29, 1.82) is 0 Å². The number of ether oxygens (including phenoxy) is 2. The van der Waals surface area contributed by atoms with Gasteiger partial charge < -0.3 is 14.8 Å². The largest absolute Gasteiger partial charge is 0.378 e. The van der Waals surface area contributed by atoms with Gasteiger partial charge in [-0.1, -0.05) is 6.92 Å². The van der Waals surface area contributed by atoms with Crippen molar-refractivity contribution in [2.24, 2.45) is 0 Å². The average molecular weight is 265 g/mol. The lowest BCUT2D eigenvalue weighted by Crippen LogP contribution is -2.47. The van der Waals surface area contributed by atoms with Crippen LogP contribution in [0.1, 0.15) is 20.3 Å². The summed E-state index contributed by atoms with van der Waals surface area (Å²) in [6.45, 7) is 5.46. The van der Waals surface area contributed by atoms with E-state index in [1.807, 2.05) is 6.92 Å². The van der Waals surface area contributed by atoms with Gasteiger partial charge in [-0.25, -0.2) is 8.42 Å². The van der Waals surface area contributed by atoms with Gasteiger partial charge in [0.25, 0.3) is 0 Å². The van der Waals surface area contributed by atoms with Crippen molar-refractivity contribution in [3.8, 4) is 0 Å². The molecule has 1 aliphatic rings. The summed E-state index contributed by atoms with van der Waals surface area (Å²) in [7, 11) is -1.26. The van der Waals surface area contributed by atoms with Crippen molar-refractivity contribution in [3.05, 3.63) is 0 Å². The lowest BCUT2D eigenvalue weighted by atomic mass is 10.0. The Bertz CT molecular complexity index is 322. The first-order chi connectivity index (χ1) is 7.93. The highest BCUT2D eigenvalue weighted by molar-refractivity contribution is 7.91. The van der Waals surface area contributed by atoms with Gasteiger partial charge in [0.15, 0.2) is 9.84 Å². The molecule has 1 rings (SSSR count). The van der Waals surface area contributed by atoms with Crippen LogP contribution in [-0.2, 0) is 19.3 Å². The first-order valence-corrected chi connectivity index (χ1v) is 7.82. The zero-order valence-corrected chi connectivity index (χ0v) is 11.7. The molecule has 0 aliphatic carbocycles. The summed E-state index contributed by atoms with van der Waals surface area (Å²) in [6, 6.07) is -0.0624. The average Bonchev–Trinajstić information content (AvgIpc) is 2.75. The maximum Gasteiger partial charge on any atom is 0.151 e. The smallest absolute Gasteiger partial charge is 0.151 e. The molecule has 1 aliphatic heterocycles. The molecule has 0 spiro atoms. The SMILES string of the molecule is CCS(=O)(=O)CC(C)NCC1(OC)CCOC1. The van der Waals surface area contributed by atoms with Crippen molar-refractivity contribution in [2.45, 2.75) is 31.9 Å². The minimum Gasteiger partial charge on any atom is -0.378 e. The van der Waals surface area contributed by atoms with Gasteiger partial charge >= 0.3 is 0 Å². The second kappa shape index (κ2) is 6.13. The number of methoxy groups -OCH3 is 1. The second-order valence-corrected chi connectivity index (χ2v) is 7.07. The highest BCUT2D eigenvalue weighted by atomic mass is 32.2. The van der Waals surface area contributed by atoms with E-state index in [-0.39, 0.29) is 23.1 Å². The summed E-state index contributed by atoms with van der Waals surface area (Å²) < 4.78 is 33.7. The minimum absolute atomic E-state index is 0.0624. The quantitative estimate of drug-likeness (QED) is 0.712. The van der Waals surface area contributed by atoms with Crippen LogP contribution in [0.15, 0.2) is 0 Å². The maximum atomic E-state index is 11.5. The Morgan fingerprint density at radius 3 is 2.71 bits per heavy atom. The van der Waals surface area contributed by atoms with Crippen molar-refractivity contribution < 1.29 is 17.9 Å². The van der Waals surface area contributed by atoms with Gasteiger partial charge in [-0.3, -0.25) is 0 Å². The fourth-order valence-corrected chi connectivity index (χ4v) is 2.99. The van der Waals surface area contributed by atoms with Gasteiger partial charge in [0.1, 0.15) is 5.60 Å². The van der Waals surface area contributed by atoms with E-state index in [1.54, 1.807) is 14.0 Å². The van der Waals surface area contributed by atoms with E-state index in [0.29, 0.717) is 19.8 Å². The molecule has 0 saturated carbocycles. The molecule has 0 amide bonds. The lowest BCUT2D eigenvalue weighted by Gasteiger charge is -2.27. The van der Waals surface area contributed by atoms with Crippen LogP contribution in [0.4, 0.5) is 0 Å². The van der Waals surface area contributed by atoms with E-state index in [4.69, 9.17) is 9.47 Å². The highest BCUT2D eigenvalue weighted by Gasteiger charge is 2.35. The molecular weight excluding hydrogens is 242 g/mol. The third-order valence-electron chi connectivity index (χ3n) is 3.22. The van der Waals surface area contributed by atoms with E-state index in [2.05, 4.69) is 5.32 Å². The van der Waals surface area contributed by atoms with Crippen molar-refractivity contribution in [1.82, 2.24) is 5.32 Å². The van der Waals surface area contributed by atoms with Gasteiger partial charge in [-0.2, -0.15) is 0 Å². The van der Waals surface area contributed by atoms with E-state index in [0.717, 1.165) is 6.42 Å².